The van der Waals surface area contributed by atoms with E-state index in [4.69, 9.17) is 4.52 Å². The van der Waals surface area contributed by atoms with E-state index in [9.17, 15) is 14.7 Å². The zero-order valence-electron chi connectivity index (χ0n) is 17.5. The van der Waals surface area contributed by atoms with Gasteiger partial charge in [-0.1, -0.05) is 5.16 Å². The molecule has 0 unspecified atom stereocenters. The Hall–Kier alpha value is -3.27. The number of carbonyl (C=O) groups is 2. The first-order valence-electron chi connectivity index (χ1n) is 10.5. The summed E-state index contributed by atoms with van der Waals surface area (Å²) in [6.45, 7) is 4.41. The summed E-state index contributed by atoms with van der Waals surface area (Å²) in [5.41, 5.74) is 5.54. The number of aliphatic hydroxyl groups is 1. The monoisotopic (exact) mass is 424 g/mol. The van der Waals surface area contributed by atoms with Crippen LogP contribution in [-0.2, 0) is 25.8 Å². The van der Waals surface area contributed by atoms with Crippen LogP contribution in [0.3, 0.4) is 0 Å². The highest BCUT2D eigenvalue weighted by Crippen LogP contribution is 2.33. The van der Waals surface area contributed by atoms with E-state index in [2.05, 4.69) is 25.7 Å². The number of aromatic nitrogens is 4. The Morgan fingerprint density at radius 2 is 2.13 bits per heavy atom. The number of carbonyl (C=O) groups excluding carboxylic acids is 2. The van der Waals surface area contributed by atoms with Gasteiger partial charge in [0.15, 0.2) is 5.69 Å². The highest BCUT2D eigenvalue weighted by molar-refractivity contribution is 6.07. The Kier molecular flexibility index (Phi) is 4.73. The van der Waals surface area contributed by atoms with Crippen LogP contribution in [0.4, 0.5) is 0 Å². The van der Waals surface area contributed by atoms with Crippen LogP contribution in [0.25, 0.3) is 11.1 Å². The van der Waals surface area contributed by atoms with E-state index in [0.29, 0.717) is 47.6 Å². The van der Waals surface area contributed by atoms with E-state index in [1.54, 1.807) is 11.8 Å². The van der Waals surface area contributed by atoms with Gasteiger partial charge >= 0.3 is 0 Å². The van der Waals surface area contributed by atoms with Gasteiger partial charge in [0.25, 0.3) is 17.5 Å². The predicted molar refractivity (Wildman–Crippen MR) is 110 cm³/mol. The summed E-state index contributed by atoms with van der Waals surface area (Å²) in [6, 6.07) is 0. The van der Waals surface area contributed by atoms with Crippen LogP contribution < -0.4 is 5.32 Å². The van der Waals surface area contributed by atoms with Crippen molar-refractivity contribution in [2.24, 2.45) is 0 Å². The number of H-pyrrole nitrogens is 1. The third-order valence-electron chi connectivity index (χ3n) is 6.03. The third-order valence-corrected chi connectivity index (χ3v) is 6.03. The molecule has 0 saturated carbocycles. The number of pyridine rings is 1. The molecule has 0 radical (unpaired) electrons. The Morgan fingerprint density at radius 1 is 1.29 bits per heavy atom. The highest BCUT2D eigenvalue weighted by Gasteiger charge is 2.33. The molecule has 31 heavy (non-hydrogen) atoms. The molecule has 0 bridgehead atoms. The van der Waals surface area contributed by atoms with E-state index in [-0.39, 0.29) is 18.4 Å². The lowest BCUT2D eigenvalue weighted by Crippen LogP contribution is -2.37. The highest BCUT2D eigenvalue weighted by atomic mass is 16.5. The van der Waals surface area contributed by atoms with Gasteiger partial charge in [0.1, 0.15) is 0 Å². The number of aliphatic hydroxyl groups excluding tert-OH is 1. The second-order valence-corrected chi connectivity index (χ2v) is 8.28. The fourth-order valence-electron chi connectivity index (χ4n) is 4.51. The lowest BCUT2D eigenvalue weighted by Gasteiger charge is -2.28. The van der Waals surface area contributed by atoms with Gasteiger partial charge in [0, 0.05) is 24.3 Å². The number of hydrogen-bond acceptors (Lipinski definition) is 7. The van der Waals surface area contributed by atoms with Crippen molar-refractivity contribution in [3.63, 3.8) is 0 Å². The van der Waals surface area contributed by atoms with Crippen LogP contribution in [0.2, 0.25) is 0 Å². The first-order chi connectivity index (χ1) is 14.9. The number of rotatable bonds is 4. The molecule has 10 heteroatoms. The maximum atomic E-state index is 13.6. The molecule has 10 nitrogen and oxygen atoms in total. The number of aryl methyl sites for hydroxylation is 2. The Balaban J connectivity index is 1.44. The second-order valence-electron chi connectivity index (χ2n) is 8.28. The van der Waals surface area contributed by atoms with E-state index >= 15 is 0 Å². The number of aromatic amines is 1. The quantitative estimate of drug-likeness (QED) is 0.569. The second kappa shape index (κ2) is 7.45. The van der Waals surface area contributed by atoms with Gasteiger partial charge < -0.3 is 19.8 Å². The number of fused-ring (bicyclic) bond motifs is 3. The molecule has 0 aromatic carbocycles. The standard InChI is InChI=1S/C21H24N6O4/c1-10(28)8-22-19(29)18-13-6-7-27(9-15(13)24-25-18)21(30)17-12-4-3-5-14(12)23-20-16(17)11(2)26-31-20/h10,28H,3-9H2,1-2H3,(H,22,29)(H,24,25)/t10-/m1/s1. The topological polar surface area (TPSA) is 137 Å². The average molecular weight is 424 g/mol. The summed E-state index contributed by atoms with van der Waals surface area (Å²) >= 11 is 0. The molecule has 0 spiro atoms. The molecule has 2 amide bonds. The van der Waals surface area contributed by atoms with Crippen molar-refractivity contribution in [3.05, 3.63) is 39.5 Å². The van der Waals surface area contributed by atoms with Crippen molar-refractivity contribution >= 4 is 22.9 Å². The van der Waals surface area contributed by atoms with Crippen LogP contribution in [-0.4, -0.2) is 61.4 Å². The SMILES string of the molecule is Cc1noc2nc3c(c(C(=O)N4CCc5c(C(=O)NC[C@@H](C)O)n[nH]c5C4)c12)CCC3. The predicted octanol–water partition coefficient (Wildman–Crippen LogP) is 1.05. The first-order valence-corrected chi connectivity index (χ1v) is 10.5. The third kappa shape index (κ3) is 3.27. The largest absolute Gasteiger partial charge is 0.392 e. The molecule has 4 heterocycles. The van der Waals surface area contributed by atoms with Crippen molar-refractivity contribution < 1.29 is 19.2 Å². The summed E-state index contributed by atoms with van der Waals surface area (Å²) in [6.07, 6.45) is 2.51. The lowest BCUT2D eigenvalue weighted by atomic mass is 9.99. The molecule has 1 aliphatic heterocycles. The number of hydrogen-bond donors (Lipinski definition) is 3. The molecular formula is C21H24N6O4. The van der Waals surface area contributed by atoms with Crippen LogP contribution in [0.15, 0.2) is 4.52 Å². The molecule has 1 aliphatic carbocycles. The Morgan fingerprint density at radius 3 is 2.94 bits per heavy atom. The van der Waals surface area contributed by atoms with Gasteiger partial charge in [-0.05, 0) is 45.1 Å². The summed E-state index contributed by atoms with van der Waals surface area (Å²) < 4.78 is 5.37. The van der Waals surface area contributed by atoms with Gasteiger partial charge in [-0.3, -0.25) is 14.7 Å². The molecule has 162 valence electrons. The fourth-order valence-corrected chi connectivity index (χ4v) is 4.51. The van der Waals surface area contributed by atoms with Crippen molar-refractivity contribution in [1.29, 1.82) is 0 Å². The summed E-state index contributed by atoms with van der Waals surface area (Å²) in [7, 11) is 0. The fraction of sp³-hybridized carbons (Fsp3) is 0.476. The summed E-state index contributed by atoms with van der Waals surface area (Å²) in [4.78, 5) is 32.4. The summed E-state index contributed by atoms with van der Waals surface area (Å²) in [5.74, 6) is -0.399. The molecule has 1 atom stereocenters. The maximum absolute atomic E-state index is 13.6. The molecule has 5 rings (SSSR count). The van der Waals surface area contributed by atoms with Crippen molar-refractivity contribution in [3.8, 4) is 0 Å². The number of nitrogens with one attached hydrogen (secondary N) is 2. The van der Waals surface area contributed by atoms with Crippen LogP contribution in [0.5, 0.6) is 0 Å². The van der Waals surface area contributed by atoms with Gasteiger partial charge in [0.05, 0.1) is 35.0 Å². The van der Waals surface area contributed by atoms with E-state index in [1.807, 2.05) is 6.92 Å². The van der Waals surface area contributed by atoms with Gasteiger partial charge in [-0.2, -0.15) is 5.10 Å². The average Bonchev–Trinajstić information content (AvgIpc) is 3.48. The smallest absolute Gasteiger partial charge is 0.272 e. The number of nitrogens with zero attached hydrogens (tertiary/aromatic N) is 4. The molecule has 2 aliphatic rings. The van der Waals surface area contributed by atoms with E-state index < -0.39 is 6.10 Å². The minimum atomic E-state index is -0.633. The zero-order valence-corrected chi connectivity index (χ0v) is 17.5. The molecule has 3 aromatic heterocycles. The molecule has 0 fully saturated rings. The number of amides is 2. The molecular weight excluding hydrogens is 400 g/mol. The van der Waals surface area contributed by atoms with Gasteiger partial charge in [-0.25, -0.2) is 4.98 Å². The minimum absolute atomic E-state index is 0.0720. The maximum Gasteiger partial charge on any atom is 0.272 e. The normalized spacial score (nSPS) is 16.3. The van der Waals surface area contributed by atoms with Crippen LogP contribution in [0.1, 0.15) is 62.4 Å². The van der Waals surface area contributed by atoms with Gasteiger partial charge in [-0.15, -0.1) is 0 Å². The van der Waals surface area contributed by atoms with Crippen molar-refractivity contribution in [2.75, 3.05) is 13.1 Å². The lowest BCUT2D eigenvalue weighted by molar-refractivity contribution is 0.0733. The van der Waals surface area contributed by atoms with Crippen LogP contribution in [0, 0.1) is 6.92 Å². The molecule has 3 aromatic rings. The zero-order chi connectivity index (χ0) is 21.7. The van der Waals surface area contributed by atoms with Crippen molar-refractivity contribution in [1.82, 2.24) is 30.6 Å². The van der Waals surface area contributed by atoms with E-state index in [1.165, 1.54) is 0 Å². The molecule has 0 saturated heterocycles. The minimum Gasteiger partial charge on any atom is -0.392 e. The van der Waals surface area contributed by atoms with Gasteiger partial charge in [0.2, 0.25) is 0 Å². The first kappa shape index (κ1) is 19.7. The van der Waals surface area contributed by atoms with E-state index in [0.717, 1.165) is 41.8 Å². The van der Waals surface area contributed by atoms with Crippen molar-refractivity contribution in [2.45, 2.75) is 52.2 Å². The summed E-state index contributed by atoms with van der Waals surface area (Å²) in [5, 5.41) is 23.9. The Labute approximate surface area is 178 Å². The van der Waals surface area contributed by atoms with Crippen LogP contribution >= 0.6 is 0 Å². The Bertz CT molecular complexity index is 1190. The molecule has 3 N–H and O–H groups in total.